The highest BCUT2D eigenvalue weighted by atomic mass is 32.1. The van der Waals surface area contributed by atoms with Crippen LogP contribution in [0.5, 0.6) is 0 Å². The van der Waals surface area contributed by atoms with Gasteiger partial charge in [0, 0.05) is 37.2 Å². The zero-order valence-electron chi connectivity index (χ0n) is 17.8. The molecule has 4 rings (SSSR count). The van der Waals surface area contributed by atoms with E-state index in [1.807, 2.05) is 0 Å². The minimum absolute atomic E-state index is 0.0930. The molecule has 1 saturated heterocycles. The van der Waals surface area contributed by atoms with Crippen LogP contribution in [0, 0.1) is 5.82 Å². The standard InChI is InChI=1S/C23H27FN6OS/c24-18-4-6-19(7-5-18)28-23-30(11-1-10-27-22(25)26)21(16-32-23)17-2-8-20(9-3-17)29-12-14-31-15-13-29/h2-9,16H,1,10-15H2,(H4,25,26,27). The number of benzene rings is 2. The lowest BCUT2D eigenvalue weighted by Gasteiger charge is -2.28. The van der Waals surface area contributed by atoms with Crippen molar-refractivity contribution >= 4 is 28.7 Å². The van der Waals surface area contributed by atoms with Gasteiger partial charge in [-0.05, 0) is 48.4 Å². The van der Waals surface area contributed by atoms with Gasteiger partial charge in [-0.2, -0.15) is 0 Å². The number of rotatable bonds is 7. The maximum atomic E-state index is 13.3. The Bertz CT molecular complexity index is 1110. The van der Waals surface area contributed by atoms with Crippen molar-refractivity contribution in [1.29, 1.82) is 0 Å². The summed E-state index contributed by atoms with van der Waals surface area (Å²) in [5, 5.41) is 2.10. The molecule has 0 spiro atoms. The predicted molar refractivity (Wildman–Crippen MR) is 128 cm³/mol. The second-order valence-electron chi connectivity index (χ2n) is 7.45. The number of guanidine groups is 1. The number of thiazole rings is 1. The van der Waals surface area contributed by atoms with Crippen molar-refractivity contribution in [2.75, 3.05) is 37.7 Å². The van der Waals surface area contributed by atoms with Crippen LogP contribution < -0.4 is 21.2 Å². The SMILES string of the molecule is NC(N)=NCCCn1c(-c2ccc(N3CCOCC3)cc2)csc1=Nc1ccc(F)cc1. The Morgan fingerprint density at radius 3 is 2.44 bits per heavy atom. The molecule has 168 valence electrons. The van der Waals surface area contributed by atoms with Crippen LogP contribution in [-0.4, -0.2) is 43.4 Å². The molecule has 0 amide bonds. The van der Waals surface area contributed by atoms with Gasteiger partial charge in [0.15, 0.2) is 10.8 Å². The fraction of sp³-hybridized carbons (Fsp3) is 0.304. The molecule has 32 heavy (non-hydrogen) atoms. The number of aliphatic imine (C=N–C) groups is 1. The van der Waals surface area contributed by atoms with Gasteiger partial charge in [-0.15, -0.1) is 11.3 Å². The molecular weight excluding hydrogens is 427 g/mol. The van der Waals surface area contributed by atoms with Crippen LogP contribution in [0.4, 0.5) is 15.8 Å². The molecule has 0 radical (unpaired) electrons. The zero-order chi connectivity index (χ0) is 22.3. The Morgan fingerprint density at radius 1 is 1.03 bits per heavy atom. The molecule has 1 fully saturated rings. The number of aromatic nitrogens is 1. The lowest BCUT2D eigenvalue weighted by molar-refractivity contribution is 0.122. The quantitative estimate of drug-likeness (QED) is 0.326. The smallest absolute Gasteiger partial charge is 0.190 e. The summed E-state index contributed by atoms with van der Waals surface area (Å²) in [4.78, 5) is 12.0. The molecule has 0 bridgehead atoms. The Balaban J connectivity index is 1.63. The van der Waals surface area contributed by atoms with Gasteiger partial charge in [0.05, 0.1) is 24.6 Å². The van der Waals surface area contributed by atoms with E-state index in [1.165, 1.54) is 17.8 Å². The van der Waals surface area contributed by atoms with Gasteiger partial charge in [-0.3, -0.25) is 4.99 Å². The van der Waals surface area contributed by atoms with Crippen LogP contribution in [0.25, 0.3) is 11.3 Å². The topological polar surface area (TPSA) is 94.2 Å². The zero-order valence-corrected chi connectivity index (χ0v) is 18.6. The molecule has 1 aliphatic rings. The number of hydrogen-bond acceptors (Lipinski definition) is 5. The van der Waals surface area contributed by atoms with E-state index in [1.54, 1.807) is 23.5 Å². The monoisotopic (exact) mass is 454 g/mol. The fourth-order valence-corrected chi connectivity index (χ4v) is 4.55. The number of anilines is 1. The molecule has 4 N–H and O–H groups in total. The summed E-state index contributed by atoms with van der Waals surface area (Å²) < 4.78 is 20.9. The molecule has 9 heteroatoms. The summed E-state index contributed by atoms with van der Waals surface area (Å²) in [5.74, 6) is -0.184. The van der Waals surface area contributed by atoms with Gasteiger partial charge in [0.25, 0.3) is 0 Å². The highest BCUT2D eigenvalue weighted by molar-refractivity contribution is 7.07. The summed E-state index contributed by atoms with van der Waals surface area (Å²) in [7, 11) is 0. The molecule has 3 aromatic rings. The normalized spacial score (nSPS) is 14.5. The maximum absolute atomic E-state index is 13.3. The molecular formula is C23H27FN6OS. The third-order valence-corrected chi connectivity index (χ3v) is 6.09. The molecule has 1 aromatic heterocycles. The lowest BCUT2D eigenvalue weighted by Crippen LogP contribution is -2.36. The highest BCUT2D eigenvalue weighted by Crippen LogP contribution is 2.25. The first-order valence-corrected chi connectivity index (χ1v) is 11.5. The summed E-state index contributed by atoms with van der Waals surface area (Å²) in [5.41, 5.74) is 15.0. The largest absolute Gasteiger partial charge is 0.378 e. The third-order valence-electron chi connectivity index (χ3n) is 5.22. The number of hydrogen-bond donors (Lipinski definition) is 2. The van der Waals surface area contributed by atoms with E-state index in [-0.39, 0.29) is 11.8 Å². The summed E-state index contributed by atoms with van der Waals surface area (Å²) in [6.45, 7) is 4.58. The predicted octanol–water partition coefficient (Wildman–Crippen LogP) is 3.09. The van der Waals surface area contributed by atoms with E-state index in [2.05, 4.69) is 44.1 Å². The van der Waals surface area contributed by atoms with Crippen LogP contribution >= 0.6 is 11.3 Å². The Labute approximate surface area is 190 Å². The van der Waals surface area contributed by atoms with Gasteiger partial charge in [0.2, 0.25) is 0 Å². The molecule has 2 heterocycles. The molecule has 0 atom stereocenters. The van der Waals surface area contributed by atoms with Crippen molar-refractivity contribution in [2.45, 2.75) is 13.0 Å². The summed E-state index contributed by atoms with van der Waals surface area (Å²) >= 11 is 1.56. The second-order valence-corrected chi connectivity index (χ2v) is 8.29. The molecule has 0 unspecified atom stereocenters. The van der Waals surface area contributed by atoms with Crippen LogP contribution in [0.1, 0.15) is 6.42 Å². The average molecular weight is 455 g/mol. The molecule has 0 saturated carbocycles. The van der Waals surface area contributed by atoms with Crippen LogP contribution in [0.2, 0.25) is 0 Å². The number of morpholine rings is 1. The van der Waals surface area contributed by atoms with E-state index in [0.717, 1.165) is 48.8 Å². The average Bonchev–Trinajstić information content (AvgIpc) is 3.21. The minimum atomic E-state index is -0.277. The van der Waals surface area contributed by atoms with Gasteiger partial charge in [-0.1, -0.05) is 12.1 Å². The van der Waals surface area contributed by atoms with Crippen molar-refractivity contribution in [3.05, 3.63) is 64.5 Å². The number of nitrogens with zero attached hydrogens (tertiary/aromatic N) is 4. The highest BCUT2D eigenvalue weighted by Gasteiger charge is 2.13. The minimum Gasteiger partial charge on any atom is -0.378 e. The number of halogens is 1. The first-order chi connectivity index (χ1) is 15.6. The van der Waals surface area contributed by atoms with Crippen molar-refractivity contribution in [3.63, 3.8) is 0 Å². The molecule has 1 aliphatic heterocycles. The number of ether oxygens (including phenoxy) is 1. The first kappa shape index (κ1) is 22.0. The maximum Gasteiger partial charge on any atom is 0.190 e. The Morgan fingerprint density at radius 2 is 1.75 bits per heavy atom. The Kier molecular flexibility index (Phi) is 7.18. The molecule has 7 nitrogen and oxygen atoms in total. The van der Waals surface area contributed by atoms with Crippen LogP contribution in [-0.2, 0) is 11.3 Å². The lowest BCUT2D eigenvalue weighted by atomic mass is 10.1. The van der Waals surface area contributed by atoms with Crippen LogP contribution in [0.3, 0.4) is 0 Å². The van der Waals surface area contributed by atoms with Crippen molar-refractivity contribution in [3.8, 4) is 11.3 Å². The van der Waals surface area contributed by atoms with E-state index in [0.29, 0.717) is 18.8 Å². The third kappa shape index (κ3) is 5.54. The van der Waals surface area contributed by atoms with E-state index < -0.39 is 0 Å². The van der Waals surface area contributed by atoms with Crippen molar-refractivity contribution in [1.82, 2.24) is 4.57 Å². The fourth-order valence-electron chi connectivity index (χ4n) is 3.59. The Hall–Kier alpha value is -3.17. The molecule has 2 aromatic carbocycles. The van der Waals surface area contributed by atoms with Crippen molar-refractivity contribution < 1.29 is 9.13 Å². The van der Waals surface area contributed by atoms with E-state index >= 15 is 0 Å². The van der Waals surface area contributed by atoms with E-state index in [9.17, 15) is 4.39 Å². The van der Waals surface area contributed by atoms with Crippen LogP contribution in [0.15, 0.2) is 63.9 Å². The summed E-state index contributed by atoms with van der Waals surface area (Å²) in [6.07, 6.45) is 0.768. The summed E-state index contributed by atoms with van der Waals surface area (Å²) in [6, 6.07) is 14.8. The first-order valence-electron chi connectivity index (χ1n) is 10.6. The van der Waals surface area contributed by atoms with Gasteiger partial charge in [-0.25, -0.2) is 9.38 Å². The van der Waals surface area contributed by atoms with Gasteiger partial charge in [0.1, 0.15) is 5.82 Å². The van der Waals surface area contributed by atoms with E-state index in [4.69, 9.17) is 21.2 Å². The van der Waals surface area contributed by atoms with Gasteiger partial charge >= 0.3 is 0 Å². The second kappa shape index (κ2) is 10.4. The van der Waals surface area contributed by atoms with Gasteiger partial charge < -0.3 is 25.7 Å². The molecule has 0 aliphatic carbocycles. The van der Waals surface area contributed by atoms with Crippen molar-refractivity contribution in [2.24, 2.45) is 21.5 Å². The number of nitrogens with two attached hydrogens (primary N) is 2.